The summed E-state index contributed by atoms with van der Waals surface area (Å²) < 4.78 is 0. The van der Waals surface area contributed by atoms with Gasteiger partial charge in [-0.05, 0) is 24.1 Å². The number of likely N-dealkylation sites (N-methyl/N-ethyl adjacent to an activating group) is 2. The van der Waals surface area contributed by atoms with Crippen LogP contribution < -0.4 is 4.90 Å². The summed E-state index contributed by atoms with van der Waals surface area (Å²) >= 11 is 0. The van der Waals surface area contributed by atoms with Crippen LogP contribution in [0.25, 0.3) is 11.2 Å². The van der Waals surface area contributed by atoms with Gasteiger partial charge in [0.25, 0.3) is 0 Å². The van der Waals surface area contributed by atoms with E-state index < -0.39 is 0 Å². The van der Waals surface area contributed by atoms with Crippen molar-refractivity contribution < 1.29 is 4.79 Å². The summed E-state index contributed by atoms with van der Waals surface area (Å²) in [5, 5.41) is 0. The fraction of sp³-hybridized carbons (Fsp3) is 0.353. The Labute approximate surface area is 145 Å². The Hall–Kier alpha value is -3.03. The van der Waals surface area contributed by atoms with Crippen LogP contribution in [0.1, 0.15) is 24.9 Å². The molecule has 3 aromatic rings. The molecule has 0 aliphatic rings. The molecule has 3 heterocycles. The summed E-state index contributed by atoms with van der Waals surface area (Å²) in [6, 6.07) is 3.90. The second-order valence-electron chi connectivity index (χ2n) is 5.86. The number of aromatic nitrogens is 5. The highest BCUT2D eigenvalue weighted by Gasteiger charge is 2.22. The minimum absolute atomic E-state index is 0.0115. The van der Waals surface area contributed by atoms with Gasteiger partial charge >= 0.3 is 0 Å². The molecule has 3 rings (SSSR count). The third-order valence-corrected chi connectivity index (χ3v) is 4.28. The van der Waals surface area contributed by atoms with E-state index in [1.165, 1.54) is 6.33 Å². The van der Waals surface area contributed by atoms with Gasteiger partial charge in [0.15, 0.2) is 11.5 Å². The minimum atomic E-state index is 0.0115. The number of carbonyl (C=O) groups excluding carboxylic acids is 1. The van der Waals surface area contributed by atoms with E-state index in [-0.39, 0.29) is 18.5 Å². The Morgan fingerprint density at radius 2 is 1.96 bits per heavy atom. The SMILES string of the molecule is CCC(c1ccncc1)N(C)C(=O)CN(C)c1ncnc2nc[nH]c12. The molecule has 25 heavy (non-hydrogen) atoms. The predicted octanol–water partition coefficient (Wildman–Crippen LogP) is 1.79. The lowest BCUT2D eigenvalue weighted by molar-refractivity contribution is -0.130. The first kappa shape index (κ1) is 16.8. The van der Waals surface area contributed by atoms with Crippen LogP contribution >= 0.6 is 0 Å². The Bertz CT molecular complexity index is 848. The molecule has 1 atom stereocenters. The molecule has 0 fully saturated rings. The number of fused-ring (bicyclic) bond motifs is 1. The van der Waals surface area contributed by atoms with Gasteiger partial charge in [0.1, 0.15) is 11.8 Å². The van der Waals surface area contributed by atoms with Gasteiger partial charge in [-0.2, -0.15) is 0 Å². The first-order valence-electron chi connectivity index (χ1n) is 8.12. The van der Waals surface area contributed by atoms with Crippen molar-refractivity contribution in [1.82, 2.24) is 29.8 Å². The number of nitrogens with zero attached hydrogens (tertiary/aromatic N) is 6. The summed E-state index contributed by atoms with van der Waals surface area (Å²) in [5.74, 6) is 0.665. The lowest BCUT2D eigenvalue weighted by Crippen LogP contribution is -2.39. The van der Waals surface area contributed by atoms with Crippen LogP contribution in [0.4, 0.5) is 5.82 Å². The molecule has 0 saturated heterocycles. The first-order chi connectivity index (χ1) is 12.1. The van der Waals surface area contributed by atoms with Gasteiger partial charge < -0.3 is 14.8 Å². The highest BCUT2D eigenvalue weighted by atomic mass is 16.2. The zero-order valence-electron chi connectivity index (χ0n) is 14.5. The summed E-state index contributed by atoms with van der Waals surface area (Å²) in [7, 11) is 3.66. The summed E-state index contributed by atoms with van der Waals surface area (Å²) in [5.41, 5.74) is 2.39. The van der Waals surface area contributed by atoms with E-state index in [0.717, 1.165) is 17.5 Å². The fourth-order valence-corrected chi connectivity index (χ4v) is 2.92. The van der Waals surface area contributed by atoms with Crippen LogP contribution in [-0.2, 0) is 4.79 Å². The average Bonchev–Trinajstić information content (AvgIpc) is 3.11. The van der Waals surface area contributed by atoms with Crippen molar-refractivity contribution in [2.45, 2.75) is 19.4 Å². The molecule has 8 nitrogen and oxygen atoms in total. The number of anilines is 1. The van der Waals surface area contributed by atoms with Crippen LogP contribution in [0.2, 0.25) is 0 Å². The molecule has 1 unspecified atom stereocenters. The van der Waals surface area contributed by atoms with Crippen LogP contribution in [0.5, 0.6) is 0 Å². The van der Waals surface area contributed by atoms with Gasteiger partial charge in [0.2, 0.25) is 5.91 Å². The van der Waals surface area contributed by atoms with Crippen molar-refractivity contribution in [1.29, 1.82) is 0 Å². The van der Waals surface area contributed by atoms with Crippen LogP contribution in [-0.4, -0.2) is 56.4 Å². The zero-order valence-corrected chi connectivity index (χ0v) is 14.5. The summed E-state index contributed by atoms with van der Waals surface area (Å²) in [4.78, 5) is 35.9. The third kappa shape index (κ3) is 3.42. The number of hydrogen-bond acceptors (Lipinski definition) is 6. The quantitative estimate of drug-likeness (QED) is 0.736. The van der Waals surface area contributed by atoms with E-state index in [9.17, 15) is 4.79 Å². The Kier molecular flexibility index (Phi) is 4.87. The third-order valence-electron chi connectivity index (χ3n) is 4.28. The lowest BCUT2D eigenvalue weighted by Gasteiger charge is -2.29. The molecule has 3 aromatic heterocycles. The van der Waals surface area contributed by atoms with E-state index in [1.54, 1.807) is 28.5 Å². The maximum Gasteiger partial charge on any atom is 0.242 e. The molecule has 0 bridgehead atoms. The van der Waals surface area contributed by atoms with Crippen molar-refractivity contribution >= 4 is 22.9 Å². The number of hydrogen-bond donors (Lipinski definition) is 1. The molecule has 1 N–H and O–H groups in total. The van der Waals surface area contributed by atoms with Crippen molar-refractivity contribution in [2.75, 3.05) is 25.5 Å². The molecule has 8 heteroatoms. The maximum absolute atomic E-state index is 12.8. The maximum atomic E-state index is 12.8. The van der Waals surface area contributed by atoms with Crippen LogP contribution in [0.3, 0.4) is 0 Å². The van der Waals surface area contributed by atoms with Gasteiger partial charge in [-0.25, -0.2) is 15.0 Å². The fourth-order valence-electron chi connectivity index (χ4n) is 2.92. The topological polar surface area (TPSA) is 90.9 Å². The van der Waals surface area contributed by atoms with Gasteiger partial charge in [-0.15, -0.1) is 0 Å². The van der Waals surface area contributed by atoms with Crippen molar-refractivity contribution in [2.24, 2.45) is 0 Å². The normalized spacial score (nSPS) is 12.1. The minimum Gasteiger partial charge on any atom is -0.348 e. The van der Waals surface area contributed by atoms with Gasteiger partial charge in [0.05, 0.1) is 18.9 Å². The number of nitrogens with one attached hydrogen (secondary N) is 1. The smallest absolute Gasteiger partial charge is 0.242 e. The predicted molar refractivity (Wildman–Crippen MR) is 95.0 cm³/mol. The summed E-state index contributed by atoms with van der Waals surface area (Å²) in [6.07, 6.45) is 7.35. The average molecular weight is 339 g/mol. The lowest BCUT2D eigenvalue weighted by atomic mass is 10.0. The zero-order chi connectivity index (χ0) is 17.8. The molecule has 0 aromatic carbocycles. The number of carbonyl (C=O) groups is 1. The molecule has 1 amide bonds. The first-order valence-corrected chi connectivity index (χ1v) is 8.12. The summed E-state index contributed by atoms with van der Waals surface area (Å²) in [6.45, 7) is 2.28. The Morgan fingerprint density at radius 3 is 2.68 bits per heavy atom. The van der Waals surface area contributed by atoms with Crippen molar-refractivity contribution in [3.8, 4) is 0 Å². The van der Waals surface area contributed by atoms with Crippen molar-refractivity contribution in [3.63, 3.8) is 0 Å². The highest BCUT2D eigenvalue weighted by molar-refractivity contribution is 5.87. The van der Waals surface area contributed by atoms with E-state index in [4.69, 9.17) is 0 Å². The number of H-pyrrole nitrogens is 1. The number of pyridine rings is 1. The number of rotatable bonds is 6. The highest BCUT2D eigenvalue weighted by Crippen LogP contribution is 2.23. The van der Waals surface area contributed by atoms with Gasteiger partial charge in [0, 0.05) is 26.5 Å². The number of aromatic amines is 1. The van der Waals surface area contributed by atoms with E-state index >= 15 is 0 Å². The van der Waals surface area contributed by atoms with Crippen LogP contribution in [0.15, 0.2) is 37.2 Å². The Balaban J connectivity index is 1.75. The number of imidazole rings is 1. The molecular weight excluding hydrogens is 318 g/mol. The number of amides is 1. The molecular formula is C17H21N7O. The Morgan fingerprint density at radius 1 is 1.20 bits per heavy atom. The van der Waals surface area contributed by atoms with E-state index in [0.29, 0.717) is 11.5 Å². The molecule has 0 aliphatic carbocycles. The second kappa shape index (κ2) is 7.25. The standard InChI is InChI=1S/C17H21N7O/c1-4-13(12-5-7-18-8-6-12)24(3)14(25)9-23(2)17-15-16(20-10-19-15)21-11-22-17/h5-8,10-11,13H,4,9H2,1-3H3,(H,19,20,21,22). The van der Waals surface area contributed by atoms with E-state index in [2.05, 4.69) is 31.8 Å². The van der Waals surface area contributed by atoms with Crippen LogP contribution in [0, 0.1) is 0 Å². The largest absolute Gasteiger partial charge is 0.348 e. The molecule has 0 spiro atoms. The molecule has 0 aliphatic heterocycles. The van der Waals surface area contributed by atoms with Gasteiger partial charge in [-0.3, -0.25) is 9.78 Å². The van der Waals surface area contributed by atoms with E-state index in [1.807, 2.05) is 26.2 Å². The molecule has 0 radical (unpaired) electrons. The monoisotopic (exact) mass is 339 g/mol. The molecule has 130 valence electrons. The van der Waals surface area contributed by atoms with Gasteiger partial charge in [-0.1, -0.05) is 6.92 Å². The molecule has 0 saturated carbocycles. The second-order valence-corrected chi connectivity index (χ2v) is 5.86. The van der Waals surface area contributed by atoms with Crippen molar-refractivity contribution in [3.05, 3.63) is 42.7 Å².